The van der Waals surface area contributed by atoms with Crippen LogP contribution in [0.2, 0.25) is 0 Å². The SMILES string of the molecule is Cc1cc2oc(=O)cc(CN[C@@H]3CCS(=O)(=O)C3)c2cc1C(C)C. The van der Waals surface area contributed by atoms with E-state index in [4.69, 9.17) is 4.42 Å². The largest absolute Gasteiger partial charge is 0.423 e. The van der Waals surface area contributed by atoms with Crippen LogP contribution in [-0.4, -0.2) is 26.0 Å². The van der Waals surface area contributed by atoms with E-state index in [9.17, 15) is 13.2 Å². The van der Waals surface area contributed by atoms with E-state index < -0.39 is 9.84 Å². The molecule has 2 aromatic rings. The molecule has 0 radical (unpaired) electrons. The summed E-state index contributed by atoms with van der Waals surface area (Å²) in [6, 6.07) is 5.45. The van der Waals surface area contributed by atoms with Gasteiger partial charge in [0.05, 0.1) is 11.5 Å². The van der Waals surface area contributed by atoms with E-state index in [0.29, 0.717) is 24.5 Å². The number of rotatable bonds is 4. The molecule has 0 spiro atoms. The zero-order valence-corrected chi connectivity index (χ0v) is 15.1. The van der Waals surface area contributed by atoms with Crippen molar-refractivity contribution in [2.45, 2.75) is 45.7 Å². The maximum atomic E-state index is 11.8. The third-order valence-corrected chi connectivity index (χ3v) is 6.42. The monoisotopic (exact) mass is 349 g/mol. The van der Waals surface area contributed by atoms with E-state index in [1.54, 1.807) is 0 Å². The zero-order chi connectivity index (χ0) is 17.5. The molecule has 5 nitrogen and oxygen atoms in total. The summed E-state index contributed by atoms with van der Waals surface area (Å²) in [5, 5.41) is 4.19. The lowest BCUT2D eigenvalue weighted by atomic mass is 9.95. The Bertz CT molecular complexity index is 928. The van der Waals surface area contributed by atoms with Crippen LogP contribution in [0.4, 0.5) is 0 Å². The lowest BCUT2D eigenvalue weighted by Gasteiger charge is -2.15. The predicted molar refractivity (Wildman–Crippen MR) is 95.2 cm³/mol. The number of aryl methyl sites for hydroxylation is 1. The summed E-state index contributed by atoms with van der Waals surface area (Å²) in [4.78, 5) is 11.8. The molecule has 1 N–H and O–H groups in total. The van der Waals surface area contributed by atoms with E-state index in [1.165, 1.54) is 11.6 Å². The van der Waals surface area contributed by atoms with E-state index in [2.05, 4.69) is 25.2 Å². The predicted octanol–water partition coefficient (Wildman–Crippen LogP) is 2.50. The summed E-state index contributed by atoms with van der Waals surface area (Å²) < 4.78 is 28.5. The smallest absolute Gasteiger partial charge is 0.336 e. The van der Waals surface area contributed by atoms with E-state index in [1.807, 2.05) is 13.0 Å². The molecule has 0 unspecified atom stereocenters. The highest BCUT2D eigenvalue weighted by atomic mass is 32.2. The van der Waals surface area contributed by atoms with Crippen LogP contribution in [0.5, 0.6) is 0 Å². The van der Waals surface area contributed by atoms with Crippen LogP contribution in [0.1, 0.15) is 42.9 Å². The Morgan fingerprint density at radius 2 is 2.04 bits per heavy atom. The van der Waals surface area contributed by atoms with Crippen molar-refractivity contribution in [3.63, 3.8) is 0 Å². The molecule has 1 fully saturated rings. The van der Waals surface area contributed by atoms with Crippen LogP contribution in [0.25, 0.3) is 11.0 Å². The second-order valence-electron chi connectivity index (χ2n) is 6.93. The molecule has 0 aliphatic carbocycles. The lowest BCUT2D eigenvalue weighted by Crippen LogP contribution is -2.29. The first-order chi connectivity index (χ1) is 11.2. The summed E-state index contributed by atoms with van der Waals surface area (Å²) in [5.74, 6) is 0.781. The van der Waals surface area contributed by atoms with Gasteiger partial charge in [-0.3, -0.25) is 0 Å². The maximum Gasteiger partial charge on any atom is 0.336 e. The van der Waals surface area contributed by atoms with Gasteiger partial charge in [-0.05, 0) is 48.1 Å². The van der Waals surface area contributed by atoms with E-state index in [0.717, 1.165) is 16.5 Å². The number of sulfone groups is 1. The summed E-state index contributed by atoms with van der Waals surface area (Å²) in [6.45, 7) is 6.75. The van der Waals surface area contributed by atoms with Crippen molar-refractivity contribution in [1.29, 1.82) is 0 Å². The van der Waals surface area contributed by atoms with Crippen molar-refractivity contribution in [1.82, 2.24) is 5.32 Å². The molecular formula is C18H23NO4S. The normalized spacial score (nSPS) is 20.1. The average molecular weight is 349 g/mol. The Morgan fingerprint density at radius 3 is 2.67 bits per heavy atom. The Kier molecular flexibility index (Phi) is 4.53. The molecule has 1 aliphatic rings. The van der Waals surface area contributed by atoms with E-state index >= 15 is 0 Å². The molecule has 6 heteroatoms. The highest BCUT2D eigenvalue weighted by Crippen LogP contribution is 2.27. The Morgan fingerprint density at radius 1 is 1.29 bits per heavy atom. The fourth-order valence-electron chi connectivity index (χ4n) is 3.37. The first kappa shape index (κ1) is 17.2. The standard InChI is InChI=1S/C18H23NO4S/c1-11(2)15-8-16-13(7-18(20)23-17(16)6-12(15)3)9-19-14-4-5-24(21,22)10-14/h6-8,11,14,19H,4-5,9-10H2,1-3H3/t14-/m1/s1. The number of benzene rings is 1. The summed E-state index contributed by atoms with van der Waals surface area (Å²) >= 11 is 0. The van der Waals surface area contributed by atoms with Crippen LogP contribution in [0.3, 0.4) is 0 Å². The van der Waals surface area contributed by atoms with Crippen molar-refractivity contribution in [3.05, 3.63) is 45.3 Å². The van der Waals surface area contributed by atoms with Crippen LogP contribution >= 0.6 is 0 Å². The van der Waals surface area contributed by atoms with Gasteiger partial charge in [0.2, 0.25) is 0 Å². The summed E-state index contributed by atoms with van der Waals surface area (Å²) in [7, 11) is -2.92. The lowest BCUT2D eigenvalue weighted by molar-refractivity contribution is 0.540. The van der Waals surface area contributed by atoms with Gasteiger partial charge in [-0.1, -0.05) is 13.8 Å². The van der Waals surface area contributed by atoms with Gasteiger partial charge in [-0.25, -0.2) is 13.2 Å². The minimum absolute atomic E-state index is 0.0488. The molecular weight excluding hydrogens is 326 g/mol. The molecule has 0 saturated carbocycles. The van der Waals surface area contributed by atoms with Crippen molar-refractivity contribution in [2.24, 2.45) is 0 Å². The molecule has 1 saturated heterocycles. The van der Waals surface area contributed by atoms with Crippen molar-refractivity contribution < 1.29 is 12.8 Å². The fraction of sp³-hybridized carbons (Fsp3) is 0.500. The third kappa shape index (κ3) is 3.54. The van der Waals surface area contributed by atoms with Gasteiger partial charge in [0.15, 0.2) is 9.84 Å². The van der Waals surface area contributed by atoms with Gasteiger partial charge in [0.25, 0.3) is 0 Å². The number of nitrogens with one attached hydrogen (secondary N) is 1. The molecule has 1 aromatic carbocycles. The van der Waals surface area contributed by atoms with Gasteiger partial charge >= 0.3 is 5.63 Å². The molecule has 1 aliphatic heterocycles. The Balaban J connectivity index is 1.94. The minimum Gasteiger partial charge on any atom is -0.423 e. The molecule has 130 valence electrons. The Labute approximate surface area is 142 Å². The molecule has 0 bridgehead atoms. The van der Waals surface area contributed by atoms with Crippen molar-refractivity contribution >= 4 is 20.8 Å². The van der Waals surface area contributed by atoms with Crippen molar-refractivity contribution in [3.8, 4) is 0 Å². The Hall–Kier alpha value is -1.66. The molecule has 1 atom stereocenters. The topological polar surface area (TPSA) is 76.4 Å². The third-order valence-electron chi connectivity index (χ3n) is 4.65. The highest BCUT2D eigenvalue weighted by Gasteiger charge is 2.27. The molecule has 2 heterocycles. The minimum atomic E-state index is -2.92. The van der Waals surface area contributed by atoms with Crippen molar-refractivity contribution in [2.75, 3.05) is 11.5 Å². The van der Waals surface area contributed by atoms with Gasteiger partial charge in [-0.15, -0.1) is 0 Å². The number of hydrogen-bond donors (Lipinski definition) is 1. The first-order valence-corrected chi connectivity index (χ1v) is 10.1. The number of fused-ring (bicyclic) bond motifs is 1. The first-order valence-electron chi connectivity index (χ1n) is 8.26. The van der Waals surface area contributed by atoms with Gasteiger partial charge in [0.1, 0.15) is 5.58 Å². The summed E-state index contributed by atoms with van der Waals surface area (Å²) in [6.07, 6.45) is 0.623. The average Bonchev–Trinajstić information content (AvgIpc) is 2.82. The van der Waals surface area contributed by atoms with E-state index in [-0.39, 0.29) is 23.2 Å². The van der Waals surface area contributed by atoms with Crippen LogP contribution in [0.15, 0.2) is 27.4 Å². The highest BCUT2D eigenvalue weighted by molar-refractivity contribution is 7.91. The van der Waals surface area contributed by atoms with Gasteiger partial charge in [0, 0.05) is 24.0 Å². The molecule has 24 heavy (non-hydrogen) atoms. The second-order valence-corrected chi connectivity index (χ2v) is 9.16. The van der Waals surface area contributed by atoms with Gasteiger partial charge in [-0.2, -0.15) is 0 Å². The number of hydrogen-bond acceptors (Lipinski definition) is 5. The summed E-state index contributed by atoms with van der Waals surface area (Å²) in [5.41, 5.74) is 3.39. The molecule has 1 aromatic heterocycles. The maximum absolute atomic E-state index is 11.8. The molecule has 3 rings (SSSR count). The van der Waals surface area contributed by atoms with Crippen LogP contribution in [-0.2, 0) is 16.4 Å². The van der Waals surface area contributed by atoms with Crippen LogP contribution in [0, 0.1) is 6.92 Å². The van der Waals surface area contributed by atoms with Crippen LogP contribution < -0.4 is 10.9 Å². The van der Waals surface area contributed by atoms with Gasteiger partial charge < -0.3 is 9.73 Å². The quantitative estimate of drug-likeness (QED) is 0.858. The second kappa shape index (κ2) is 6.33. The molecule has 0 amide bonds. The zero-order valence-electron chi connectivity index (χ0n) is 14.3. The fourth-order valence-corrected chi connectivity index (χ4v) is 5.08.